The van der Waals surface area contributed by atoms with Gasteiger partial charge in [-0.3, -0.25) is 4.79 Å². The van der Waals surface area contributed by atoms with Crippen LogP contribution in [0.1, 0.15) is 19.8 Å². The second kappa shape index (κ2) is 5.27. The Bertz CT molecular complexity index is 272. The van der Waals surface area contributed by atoms with Crippen molar-refractivity contribution in [3.63, 3.8) is 0 Å². The molecule has 1 unspecified atom stereocenters. The Morgan fingerprint density at radius 1 is 1.44 bits per heavy atom. The van der Waals surface area contributed by atoms with Crippen LogP contribution in [-0.2, 0) is 19.1 Å². The lowest BCUT2D eigenvalue weighted by molar-refractivity contribution is -0.153. The highest BCUT2D eigenvalue weighted by molar-refractivity contribution is 5.89. The van der Waals surface area contributed by atoms with Gasteiger partial charge in [-0.05, 0) is 6.92 Å². The van der Waals surface area contributed by atoms with Crippen molar-refractivity contribution in [3.8, 4) is 0 Å². The lowest BCUT2D eigenvalue weighted by Crippen LogP contribution is -2.59. The summed E-state index contributed by atoms with van der Waals surface area (Å²) >= 11 is 0. The molecule has 1 aliphatic rings. The van der Waals surface area contributed by atoms with Gasteiger partial charge in [-0.2, -0.15) is 0 Å². The molecule has 1 heterocycles. The maximum Gasteiger partial charge on any atom is 0.329 e. The molecule has 2 N–H and O–H groups in total. The molecule has 1 atom stereocenters. The second-order valence-corrected chi connectivity index (χ2v) is 3.87. The number of methoxy groups -OCH3 is 1. The van der Waals surface area contributed by atoms with Crippen LogP contribution in [0, 0.1) is 0 Å². The van der Waals surface area contributed by atoms with Crippen molar-refractivity contribution in [1.29, 1.82) is 0 Å². The smallest absolute Gasteiger partial charge is 0.329 e. The number of hydrogen-bond acceptors (Lipinski definition) is 4. The maximum absolute atomic E-state index is 11.6. The van der Waals surface area contributed by atoms with Crippen LogP contribution in [-0.4, -0.2) is 48.9 Å². The van der Waals surface area contributed by atoms with E-state index in [-0.39, 0.29) is 12.8 Å². The summed E-state index contributed by atoms with van der Waals surface area (Å²) in [6, 6.07) is 0. The van der Waals surface area contributed by atoms with E-state index in [0.717, 1.165) is 0 Å². The van der Waals surface area contributed by atoms with Crippen molar-refractivity contribution in [2.45, 2.75) is 31.4 Å². The molecule has 0 saturated carbocycles. The number of carbonyl (C=O) groups is 2. The minimum absolute atomic E-state index is 0.282. The first kappa shape index (κ1) is 12.9. The molecular formula is C10H17NO5. The summed E-state index contributed by atoms with van der Waals surface area (Å²) in [4.78, 5) is 22.8. The molecule has 1 fully saturated rings. The molecule has 1 saturated heterocycles. The predicted octanol–water partition coefficient (Wildman–Crippen LogP) is -0.229. The molecule has 1 rings (SSSR count). The number of aliphatic carboxylic acids is 1. The van der Waals surface area contributed by atoms with Gasteiger partial charge in [0.05, 0.1) is 0 Å². The SMILES string of the molecule is COC(C)C(=O)NC1(C(=O)O)CCOCC1. The molecule has 1 aliphatic heterocycles. The molecule has 0 bridgehead atoms. The Kier molecular flexibility index (Phi) is 4.26. The van der Waals surface area contributed by atoms with Gasteiger partial charge in [0.1, 0.15) is 11.6 Å². The van der Waals surface area contributed by atoms with E-state index in [1.807, 2.05) is 0 Å². The van der Waals surface area contributed by atoms with E-state index < -0.39 is 23.5 Å². The van der Waals surface area contributed by atoms with Crippen LogP contribution in [0.2, 0.25) is 0 Å². The van der Waals surface area contributed by atoms with Gasteiger partial charge < -0.3 is 19.9 Å². The van der Waals surface area contributed by atoms with Gasteiger partial charge in [-0.15, -0.1) is 0 Å². The number of rotatable bonds is 4. The average Bonchev–Trinajstić information content (AvgIpc) is 2.28. The zero-order valence-electron chi connectivity index (χ0n) is 9.49. The van der Waals surface area contributed by atoms with E-state index in [9.17, 15) is 14.7 Å². The number of hydrogen-bond donors (Lipinski definition) is 2. The highest BCUT2D eigenvalue weighted by Crippen LogP contribution is 2.21. The van der Waals surface area contributed by atoms with Gasteiger partial charge in [0.2, 0.25) is 5.91 Å². The maximum atomic E-state index is 11.6. The largest absolute Gasteiger partial charge is 0.480 e. The third-order valence-corrected chi connectivity index (χ3v) is 2.84. The molecule has 0 aliphatic carbocycles. The molecule has 0 spiro atoms. The summed E-state index contributed by atoms with van der Waals surface area (Å²) in [6.45, 7) is 2.26. The van der Waals surface area contributed by atoms with Crippen molar-refractivity contribution in [1.82, 2.24) is 5.32 Å². The van der Waals surface area contributed by atoms with Crippen LogP contribution in [0.15, 0.2) is 0 Å². The third kappa shape index (κ3) is 2.70. The molecule has 1 amide bonds. The standard InChI is InChI=1S/C10H17NO5/c1-7(15-2)8(12)11-10(9(13)14)3-5-16-6-4-10/h7H,3-6H2,1-2H3,(H,11,12)(H,13,14). The summed E-state index contributed by atoms with van der Waals surface area (Å²) in [7, 11) is 1.40. The van der Waals surface area contributed by atoms with Crippen molar-refractivity contribution < 1.29 is 24.2 Å². The van der Waals surface area contributed by atoms with Crippen LogP contribution in [0.5, 0.6) is 0 Å². The minimum Gasteiger partial charge on any atom is -0.480 e. The van der Waals surface area contributed by atoms with Gasteiger partial charge >= 0.3 is 5.97 Å². The highest BCUT2D eigenvalue weighted by Gasteiger charge is 2.42. The summed E-state index contributed by atoms with van der Waals surface area (Å²) < 4.78 is 9.94. The monoisotopic (exact) mass is 231 g/mol. The number of carboxylic acids is 1. The van der Waals surface area contributed by atoms with Crippen molar-refractivity contribution in [3.05, 3.63) is 0 Å². The van der Waals surface area contributed by atoms with Crippen LogP contribution in [0.25, 0.3) is 0 Å². The van der Waals surface area contributed by atoms with Crippen LogP contribution < -0.4 is 5.32 Å². The highest BCUT2D eigenvalue weighted by atomic mass is 16.5. The summed E-state index contributed by atoms with van der Waals surface area (Å²) in [5.74, 6) is -1.43. The van der Waals surface area contributed by atoms with Gasteiger partial charge in [0, 0.05) is 33.2 Å². The van der Waals surface area contributed by atoms with Gasteiger partial charge in [-0.1, -0.05) is 0 Å². The summed E-state index contributed by atoms with van der Waals surface area (Å²) in [5, 5.41) is 11.7. The van der Waals surface area contributed by atoms with Crippen molar-refractivity contribution in [2.24, 2.45) is 0 Å². The first-order valence-electron chi connectivity index (χ1n) is 5.18. The van der Waals surface area contributed by atoms with Crippen LogP contribution >= 0.6 is 0 Å². The predicted molar refractivity (Wildman–Crippen MR) is 55.0 cm³/mol. The fourth-order valence-corrected chi connectivity index (χ4v) is 1.56. The fourth-order valence-electron chi connectivity index (χ4n) is 1.56. The molecule has 6 heteroatoms. The quantitative estimate of drug-likeness (QED) is 0.698. The minimum atomic E-state index is -1.21. The molecule has 0 aromatic rings. The van der Waals surface area contributed by atoms with Gasteiger partial charge in [0.15, 0.2) is 0 Å². The normalized spacial score (nSPS) is 21.1. The Balaban J connectivity index is 2.71. The van der Waals surface area contributed by atoms with Crippen molar-refractivity contribution >= 4 is 11.9 Å². The molecule has 6 nitrogen and oxygen atoms in total. The zero-order chi connectivity index (χ0) is 12.2. The van der Waals surface area contributed by atoms with Gasteiger partial charge in [0.25, 0.3) is 0 Å². The van der Waals surface area contributed by atoms with Gasteiger partial charge in [-0.25, -0.2) is 4.79 Å². The van der Waals surface area contributed by atoms with Crippen LogP contribution in [0.3, 0.4) is 0 Å². The Morgan fingerprint density at radius 3 is 2.44 bits per heavy atom. The second-order valence-electron chi connectivity index (χ2n) is 3.87. The average molecular weight is 231 g/mol. The number of amides is 1. The fraction of sp³-hybridized carbons (Fsp3) is 0.800. The summed E-state index contributed by atoms with van der Waals surface area (Å²) in [5.41, 5.74) is -1.21. The molecule has 0 radical (unpaired) electrons. The van der Waals surface area contributed by atoms with E-state index >= 15 is 0 Å². The topological polar surface area (TPSA) is 84.9 Å². The van der Waals surface area contributed by atoms with E-state index in [2.05, 4.69) is 5.32 Å². The van der Waals surface area contributed by atoms with E-state index in [4.69, 9.17) is 9.47 Å². The van der Waals surface area contributed by atoms with E-state index in [1.54, 1.807) is 6.92 Å². The zero-order valence-corrected chi connectivity index (χ0v) is 9.49. The molecule has 92 valence electrons. The van der Waals surface area contributed by atoms with Crippen LogP contribution in [0.4, 0.5) is 0 Å². The first-order valence-corrected chi connectivity index (χ1v) is 5.18. The molecular weight excluding hydrogens is 214 g/mol. The lowest BCUT2D eigenvalue weighted by atomic mass is 9.90. The number of ether oxygens (including phenoxy) is 2. The lowest BCUT2D eigenvalue weighted by Gasteiger charge is -2.34. The van der Waals surface area contributed by atoms with E-state index in [1.165, 1.54) is 7.11 Å². The molecule has 16 heavy (non-hydrogen) atoms. The number of carboxylic acid groups (broad SMARTS) is 1. The first-order chi connectivity index (χ1) is 7.52. The Labute approximate surface area is 93.9 Å². The third-order valence-electron chi connectivity index (χ3n) is 2.84. The van der Waals surface area contributed by atoms with Crippen molar-refractivity contribution in [2.75, 3.05) is 20.3 Å². The molecule has 0 aromatic heterocycles. The Morgan fingerprint density at radius 2 is 2.00 bits per heavy atom. The van der Waals surface area contributed by atoms with E-state index in [0.29, 0.717) is 13.2 Å². The summed E-state index contributed by atoms with van der Waals surface area (Å²) in [6.07, 6.45) is -0.0891. The number of carbonyl (C=O) groups excluding carboxylic acids is 1. The number of nitrogens with one attached hydrogen (secondary N) is 1. The molecule has 0 aromatic carbocycles. The Hall–Kier alpha value is -1.14.